The van der Waals surface area contributed by atoms with Crippen molar-refractivity contribution in [1.29, 1.82) is 0 Å². The van der Waals surface area contributed by atoms with Crippen molar-refractivity contribution in [3.05, 3.63) is 41.0 Å². The minimum absolute atomic E-state index is 0.329. The number of aliphatic hydroxyl groups excluding tert-OH is 2. The summed E-state index contributed by atoms with van der Waals surface area (Å²) in [6, 6.07) is 6.97. The molecule has 4 N–H and O–H groups in total. The number of hydrogen-bond acceptors (Lipinski definition) is 4. The zero-order chi connectivity index (χ0) is 13.1. The third kappa shape index (κ3) is 2.62. The number of hydrogen-bond donors (Lipinski definition) is 3. The topological polar surface area (TPSA) is 79.4 Å². The lowest BCUT2D eigenvalue weighted by atomic mass is 10.0. The van der Waals surface area contributed by atoms with Gasteiger partial charge in [-0.05, 0) is 30.7 Å². The smallest absolute Gasteiger partial charge is 0.105 e. The van der Waals surface area contributed by atoms with Crippen LogP contribution in [0.5, 0.6) is 0 Å². The molecule has 0 amide bonds. The third-order valence-corrected chi connectivity index (χ3v) is 3.21. The van der Waals surface area contributed by atoms with Crippen molar-refractivity contribution >= 4 is 22.5 Å². The summed E-state index contributed by atoms with van der Waals surface area (Å²) in [5, 5.41) is 21.1. The Kier molecular flexibility index (Phi) is 4.14. The Balaban J connectivity index is 2.35. The fraction of sp³-hybridized carbons (Fsp3) is 0.308. The zero-order valence-electron chi connectivity index (χ0n) is 9.75. The van der Waals surface area contributed by atoms with E-state index < -0.39 is 12.2 Å². The zero-order valence-corrected chi connectivity index (χ0v) is 10.5. The van der Waals surface area contributed by atoms with Gasteiger partial charge in [0.15, 0.2) is 0 Å². The average Bonchev–Trinajstić information content (AvgIpc) is 2.38. The molecule has 1 aromatic heterocycles. The van der Waals surface area contributed by atoms with Gasteiger partial charge in [0, 0.05) is 11.6 Å². The molecule has 0 spiro atoms. The first-order valence-corrected chi connectivity index (χ1v) is 6.11. The molecule has 18 heavy (non-hydrogen) atoms. The van der Waals surface area contributed by atoms with Crippen LogP contribution in [0.3, 0.4) is 0 Å². The van der Waals surface area contributed by atoms with Crippen LogP contribution in [0.25, 0.3) is 10.9 Å². The van der Waals surface area contributed by atoms with E-state index >= 15 is 0 Å². The van der Waals surface area contributed by atoms with Gasteiger partial charge in [0.05, 0.1) is 16.6 Å². The second kappa shape index (κ2) is 5.63. The number of aliphatic hydroxyl groups is 2. The van der Waals surface area contributed by atoms with E-state index in [1.807, 2.05) is 0 Å². The second-order valence-corrected chi connectivity index (χ2v) is 4.57. The Morgan fingerprint density at radius 2 is 2.06 bits per heavy atom. The Morgan fingerprint density at radius 1 is 1.28 bits per heavy atom. The first-order chi connectivity index (χ1) is 8.63. The lowest BCUT2D eigenvalue weighted by Crippen LogP contribution is -2.21. The van der Waals surface area contributed by atoms with Crippen LogP contribution in [0.15, 0.2) is 30.5 Å². The van der Waals surface area contributed by atoms with E-state index in [1.54, 1.807) is 30.5 Å². The van der Waals surface area contributed by atoms with Gasteiger partial charge in [0.2, 0.25) is 0 Å². The first kappa shape index (κ1) is 13.2. The number of pyridine rings is 1. The van der Waals surface area contributed by atoms with Crippen molar-refractivity contribution in [3.8, 4) is 0 Å². The molecule has 0 saturated heterocycles. The number of rotatable bonds is 4. The summed E-state index contributed by atoms with van der Waals surface area (Å²) in [4.78, 5) is 4.19. The SMILES string of the molecule is NCCC(O)C(O)c1ccc2c(Cl)ccnc2c1. The predicted octanol–water partition coefficient (Wildman–Crippen LogP) is 1.63. The van der Waals surface area contributed by atoms with E-state index in [9.17, 15) is 10.2 Å². The van der Waals surface area contributed by atoms with Crippen LogP contribution in [0.2, 0.25) is 5.02 Å². The highest BCUT2D eigenvalue weighted by molar-refractivity contribution is 6.35. The summed E-state index contributed by atoms with van der Waals surface area (Å²) in [5.41, 5.74) is 6.66. The van der Waals surface area contributed by atoms with Gasteiger partial charge in [-0.25, -0.2) is 0 Å². The molecule has 96 valence electrons. The molecule has 0 aliphatic rings. The first-order valence-electron chi connectivity index (χ1n) is 5.74. The highest BCUT2D eigenvalue weighted by atomic mass is 35.5. The number of halogens is 1. The Hall–Kier alpha value is -1.20. The molecular weight excluding hydrogens is 252 g/mol. The molecule has 0 aliphatic carbocycles. The molecule has 2 rings (SSSR count). The molecule has 0 aliphatic heterocycles. The summed E-state index contributed by atoms with van der Waals surface area (Å²) in [5.74, 6) is 0. The number of nitrogens with zero attached hydrogens (tertiary/aromatic N) is 1. The van der Waals surface area contributed by atoms with Crippen LogP contribution < -0.4 is 5.73 Å². The number of aromatic nitrogens is 1. The Labute approximate surface area is 110 Å². The van der Waals surface area contributed by atoms with E-state index in [4.69, 9.17) is 17.3 Å². The third-order valence-electron chi connectivity index (χ3n) is 2.88. The van der Waals surface area contributed by atoms with Crippen LogP contribution in [0.1, 0.15) is 18.1 Å². The van der Waals surface area contributed by atoms with E-state index in [2.05, 4.69) is 4.98 Å². The van der Waals surface area contributed by atoms with Gasteiger partial charge >= 0.3 is 0 Å². The van der Waals surface area contributed by atoms with E-state index in [-0.39, 0.29) is 0 Å². The summed E-state index contributed by atoms with van der Waals surface area (Å²) >= 11 is 6.03. The normalized spacial score (nSPS) is 14.7. The van der Waals surface area contributed by atoms with Crippen molar-refractivity contribution in [2.75, 3.05) is 6.54 Å². The molecular formula is C13H15ClN2O2. The lowest BCUT2D eigenvalue weighted by Gasteiger charge is -2.17. The standard InChI is InChI=1S/C13H15ClN2O2/c14-10-4-6-16-11-7-8(1-2-9(10)11)13(18)12(17)3-5-15/h1-2,4,6-7,12-13,17-18H,3,5,15H2. The maximum absolute atomic E-state index is 9.98. The predicted molar refractivity (Wildman–Crippen MR) is 71.4 cm³/mol. The molecule has 5 heteroatoms. The fourth-order valence-corrected chi connectivity index (χ4v) is 2.08. The highest BCUT2D eigenvalue weighted by Gasteiger charge is 2.18. The van der Waals surface area contributed by atoms with Crippen LogP contribution in [-0.2, 0) is 0 Å². The molecule has 1 aromatic carbocycles. The van der Waals surface area contributed by atoms with Crippen LogP contribution in [-0.4, -0.2) is 27.8 Å². The highest BCUT2D eigenvalue weighted by Crippen LogP contribution is 2.26. The van der Waals surface area contributed by atoms with E-state index in [1.165, 1.54) is 0 Å². The molecule has 0 saturated carbocycles. The van der Waals surface area contributed by atoms with Crippen molar-refractivity contribution < 1.29 is 10.2 Å². The van der Waals surface area contributed by atoms with Crippen LogP contribution >= 0.6 is 11.6 Å². The molecule has 2 unspecified atom stereocenters. The summed E-state index contributed by atoms with van der Waals surface area (Å²) < 4.78 is 0. The largest absolute Gasteiger partial charge is 0.390 e. The molecule has 0 fully saturated rings. The maximum Gasteiger partial charge on any atom is 0.105 e. The van der Waals surface area contributed by atoms with Crippen molar-refractivity contribution in [3.63, 3.8) is 0 Å². The van der Waals surface area contributed by atoms with Gasteiger partial charge in [0.25, 0.3) is 0 Å². The van der Waals surface area contributed by atoms with Gasteiger partial charge in [-0.2, -0.15) is 0 Å². The minimum Gasteiger partial charge on any atom is -0.390 e. The van der Waals surface area contributed by atoms with Crippen molar-refractivity contribution in [2.24, 2.45) is 5.73 Å². The molecule has 0 radical (unpaired) electrons. The van der Waals surface area contributed by atoms with Gasteiger partial charge in [-0.3, -0.25) is 4.98 Å². The maximum atomic E-state index is 9.98. The molecule has 0 bridgehead atoms. The van der Waals surface area contributed by atoms with Crippen molar-refractivity contribution in [1.82, 2.24) is 4.98 Å². The molecule has 2 aromatic rings. The molecule has 2 atom stereocenters. The number of nitrogens with two attached hydrogens (primary N) is 1. The van der Waals surface area contributed by atoms with Crippen LogP contribution in [0.4, 0.5) is 0 Å². The average molecular weight is 267 g/mol. The van der Waals surface area contributed by atoms with Gasteiger partial charge < -0.3 is 15.9 Å². The fourth-order valence-electron chi connectivity index (χ4n) is 1.86. The summed E-state index contributed by atoms with van der Waals surface area (Å²) in [6.45, 7) is 0.329. The van der Waals surface area contributed by atoms with Crippen molar-refractivity contribution in [2.45, 2.75) is 18.6 Å². The Morgan fingerprint density at radius 3 is 2.78 bits per heavy atom. The van der Waals surface area contributed by atoms with E-state index in [0.29, 0.717) is 29.1 Å². The lowest BCUT2D eigenvalue weighted by molar-refractivity contribution is 0.0151. The second-order valence-electron chi connectivity index (χ2n) is 4.16. The van der Waals surface area contributed by atoms with Crippen LogP contribution in [0, 0.1) is 0 Å². The van der Waals surface area contributed by atoms with Gasteiger partial charge in [0.1, 0.15) is 6.10 Å². The minimum atomic E-state index is -0.960. The summed E-state index contributed by atoms with van der Waals surface area (Å²) in [7, 11) is 0. The van der Waals surface area contributed by atoms with Gasteiger partial charge in [-0.15, -0.1) is 0 Å². The molecule has 1 heterocycles. The summed E-state index contributed by atoms with van der Waals surface area (Å²) in [6.07, 6.45) is 0.129. The number of fused-ring (bicyclic) bond motifs is 1. The number of benzene rings is 1. The Bertz CT molecular complexity index is 548. The molecule has 4 nitrogen and oxygen atoms in total. The van der Waals surface area contributed by atoms with Gasteiger partial charge in [-0.1, -0.05) is 23.7 Å². The monoisotopic (exact) mass is 266 g/mol. The quantitative estimate of drug-likeness (QED) is 0.786. The van der Waals surface area contributed by atoms with E-state index in [0.717, 1.165) is 5.39 Å².